The molecule has 0 aliphatic carbocycles. The Balaban J connectivity index is 1.17. The molecule has 3 aromatic heterocycles. The number of benzene rings is 1. The van der Waals surface area contributed by atoms with Gasteiger partial charge in [0.1, 0.15) is 0 Å². The molecule has 1 saturated heterocycles. The van der Waals surface area contributed by atoms with E-state index in [1.54, 1.807) is 40.0 Å². The first-order valence-corrected chi connectivity index (χ1v) is 11.1. The number of hydrogen-bond acceptors (Lipinski definition) is 8. The van der Waals surface area contributed by atoms with Crippen LogP contribution in [0.15, 0.2) is 41.1 Å². The minimum absolute atomic E-state index is 0.0313. The number of fused-ring (bicyclic) bond motifs is 1. The Hall–Kier alpha value is -4.15. The zero-order valence-corrected chi connectivity index (χ0v) is 18.9. The van der Waals surface area contributed by atoms with Crippen LogP contribution in [-0.4, -0.2) is 66.2 Å². The highest BCUT2D eigenvalue weighted by atomic mass is 16.5. The molecule has 1 aliphatic heterocycles. The Labute approximate surface area is 195 Å². The molecule has 1 aromatic carbocycles. The molecule has 11 nitrogen and oxygen atoms in total. The maximum atomic E-state index is 12.5. The van der Waals surface area contributed by atoms with Crippen molar-refractivity contribution in [2.75, 3.05) is 19.6 Å². The molecule has 34 heavy (non-hydrogen) atoms. The molecule has 0 atom stereocenters. The number of rotatable bonds is 5. The average Bonchev–Trinajstić information content (AvgIpc) is 3.47. The summed E-state index contributed by atoms with van der Waals surface area (Å²) < 4.78 is 7.21. The molecular weight excluding hydrogens is 436 g/mol. The van der Waals surface area contributed by atoms with Crippen LogP contribution in [0.25, 0.3) is 22.7 Å². The van der Waals surface area contributed by atoms with Gasteiger partial charge in [0.15, 0.2) is 5.65 Å². The van der Waals surface area contributed by atoms with Crippen LogP contribution in [0.1, 0.15) is 40.7 Å². The van der Waals surface area contributed by atoms with E-state index in [0.29, 0.717) is 54.7 Å². The Morgan fingerprint density at radius 1 is 1.12 bits per heavy atom. The highest BCUT2D eigenvalue weighted by molar-refractivity contribution is 5.96. The van der Waals surface area contributed by atoms with E-state index in [1.165, 1.54) is 0 Å². The summed E-state index contributed by atoms with van der Waals surface area (Å²) >= 11 is 0. The Morgan fingerprint density at radius 2 is 1.88 bits per heavy atom. The fraction of sp³-hybridized carbons (Fsp3) is 0.348. The van der Waals surface area contributed by atoms with Gasteiger partial charge in [-0.2, -0.15) is 10.1 Å². The van der Waals surface area contributed by atoms with Crippen LogP contribution in [0.4, 0.5) is 0 Å². The molecule has 0 radical (unpaired) electrons. The summed E-state index contributed by atoms with van der Waals surface area (Å²) in [7, 11) is 1.83. The number of aromatic nitrogens is 6. The first-order valence-electron chi connectivity index (χ1n) is 11.1. The standard InChI is InChI=1S/C23H24N8O3/c1-14-17-12-24-19(26-21(17)30(2)28-14)20-27-23(34-29-20)16-8-10-31(11-9-16)18(32)13-25-22(33)15-6-4-3-5-7-15/h3-7,12,16H,8-11,13H2,1-2H3,(H,25,33). The van der Waals surface area contributed by atoms with E-state index >= 15 is 0 Å². The summed E-state index contributed by atoms with van der Waals surface area (Å²) in [6, 6.07) is 8.84. The zero-order chi connectivity index (χ0) is 23.7. The molecule has 1 aliphatic rings. The zero-order valence-electron chi connectivity index (χ0n) is 18.9. The van der Waals surface area contributed by atoms with Crippen molar-refractivity contribution in [2.45, 2.75) is 25.7 Å². The van der Waals surface area contributed by atoms with Crippen LogP contribution >= 0.6 is 0 Å². The normalized spacial score (nSPS) is 14.5. The molecule has 1 fully saturated rings. The van der Waals surface area contributed by atoms with Crippen molar-refractivity contribution in [1.82, 2.24) is 40.1 Å². The second-order valence-corrected chi connectivity index (χ2v) is 8.30. The molecule has 11 heteroatoms. The number of piperidine rings is 1. The first kappa shape index (κ1) is 21.7. The van der Waals surface area contributed by atoms with Gasteiger partial charge in [0.2, 0.25) is 23.4 Å². The topological polar surface area (TPSA) is 132 Å². The minimum Gasteiger partial charge on any atom is -0.343 e. The van der Waals surface area contributed by atoms with Gasteiger partial charge in [0, 0.05) is 37.8 Å². The highest BCUT2D eigenvalue weighted by Crippen LogP contribution is 2.28. The van der Waals surface area contributed by atoms with Crippen molar-refractivity contribution in [2.24, 2.45) is 7.05 Å². The van der Waals surface area contributed by atoms with Gasteiger partial charge in [0.25, 0.3) is 5.91 Å². The van der Waals surface area contributed by atoms with Crippen molar-refractivity contribution in [3.05, 3.63) is 53.7 Å². The van der Waals surface area contributed by atoms with Gasteiger partial charge >= 0.3 is 0 Å². The summed E-state index contributed by atoms with van der Waals surface area (Å²) in [4.78, 5) is 39.9. The van der Waals surface area contributed by atoms with E-state index in [9.17, 15) is 9.59 Å². The summed E-state index contributed by atoms with van der Waals surface area (Å²) in [5, 5.41) is 12.0. The largest absolute Gasteiger partial charge is 0.343 e. The highest BCUT2D eigenvalue weighted by Gasteiger charge is 2.28. The Kier molecular flexibility index (Phi) is 5.74. The van der Waals surface area contributed by atoms with E-state index in [2.05, 4.69) is 30.5 Å². The van der Waals surface area contributed by atoms with Gasteiger partial charge in [-0.05, 0) is 31.9 Å². The summed E-state index contributed by atoms with van der Waals surface area (Å²) in [5.74, 6) is 0.910. The molecule has 2 amide bonds. The molecule has 0 unspecified atom stereocenters. The van der Waals surface area contributed by atoms with Gasteiger partial charge < -0.3 is 14.7 Å². The van der Waals surface area contributed by atoms with Gasteiger partial charge in [-0.1, -0.05) is 23.4 Å². The van der Waals surface area contributed by atoms with Crippen molar-refractivity contribution in [1.29, 1.82) is 0 Å². The average molecular weight is 460 g/mol. The van der Waals surface area contributed by atoms with Gasteiger partial charge in [0.05, 0.1) is 17.6 Å². The Morgan fingerprint density at radius 3 is 2.65 bits per heavy atom. The molecule has 5 rings (SSSR count). The quantitative estimate of drug-likeness (QED) is 0.477. The molecule has 4 heterocycles. The maximum Gasteiger partial charge on any atom is 0.251 e. The molecule has 0 saturated carbocycles. The van der Waals surface area contributed by atoms with E-state index < -0.39 is 0 Å². The molecular formula is C23H24N8O3. The smallest absolute Gasteiger partial charge is 0.251 e. The second kappa shape index (κ2) is 9.00. The molecule has 0 spiro atoms. The van der Waals surface area contributed by atoms with Crippen molar-refractivity contribution in [3.8, 4) is 11.6 Å². The summed E-state index contributed by atoms with van der Waals surface area (Å²) in [6.45, 7) is 2.99. The van der Waals surface area contributed by atoms with Gasteiger partial charge in [-0.15, -0.1) is 0 Å². The van der Waals surface area contributed by atoms with Crippen molar-refractivity contribution in [3.63, 3.8) is 0 Å². The van der Waals surface area contributed by atoms with Gasteiger partial charge in [-0.3, -0.25) is 14.3 Å². The van der Waals surface area contributed by atoms with Crippen molar-refractivity contribution < 1.29 is 14.1 Å². The molecule has 1 N–H and O–H groups in total. The number of likely N-dealkylation sites (tertiary alicyclic amines) is 1. The monoisotopic (exact) mass is 460 g/mol. The van der Waals surface area contributed by atoms with E-state index in [0.717, 1.165) is 11.1 Å². The number of amides is 2. The molecule has 4 aromatic rings. The fourth-order valence-electron chi connectivity index (χ4n) is 4.14. The predicted molar refractivity (Wildman–Crippen MR) is 122 cm³/mol. The van der Waals surface area contributed by atoms with Crippen LogP contribution in [0.3, 0.4) is 0 Å². The lowest BCUT2D eigenvalue weighted by Gasteiger charge is -2.30. The first-order chi connectivity index (χ1) is 16.5. The van der Waals surface area contributed by atoms with E-state index in [-0.39, 0.29) is 24.3 Å². The number of carbonyl (C=O) groups is 2. The summed E-state index contributed by atoms with van der Waals surface area (Å²) in [5.41, 5.74) is 2.10. The predicted octanol–water partition coefficient (Wildman–Crippen LogP) is 1.86. The van der Waals surface area contributed by atoms with Crippen LogP contribution < -0.4 is 5.32 Å². The summed E-state index contributed by atoms with van der Waals surface area (Å²) in [6.07, 6.45) is 3.11. The third-order valence-electron chi connectivity index (χ3n) is 6.04. The minimum atomic E-state index is -0.260. The van der Waals surface area contributed by atoms with Crippen LogP contribution in [0, 0.1) is 6.92 Å². The third-order valence-corrected chi connectivity index (χ3v) is 6.04. The lowest BCUT2D eigenvalue weighted by molar-refractivity contribution is -0.131. The van der Waals surface area contributed by atoms with Crippen molar-refractivity contribution >= 4 is 22.8 Å². The molecule has 174 valence electrons. The van der Waals surface area contributed by atoms with Crippen LogP contribution in [0.2, 0.25) is 0 Å². The number of aryl methyl sites for hydroxylation is 2. The second-order valence-electron chi connectivity index (χ2n) is 8.30. The van der Waals surface area contributed by atoms with E-state index in [4.69, 9.17) is 4.52 Å². The maximum absolute atomic E-state index is 12.5. The lowest BCUT2D eigenvalue weighted by Crippen LogP contribution is -2.43. The molecule has 0 bridgehead atoms. The third kappa shape index (κ3) is 4.24. The van der Waals surface area contributed by atoms with E-state index in [1.807, 2.05) is 20.0 Å². The number of nitrogens with one attached hydrogen (secondary N) is 1. The number of nitrogens with zero attached hydrogens (tertiary/aromatic N) is 7. The number of hydrogen-bond donors (Lipinski definition) is 1. The van der Waals surface area contributed by atoms with Crippen LogP contribution in [0.5, 0.6) is 0 Å². The SMILES string of the molecule is Cc1nn(C)c2nc(-c3noc(C4CCN(C(=O)CNC(=O)c5ccccc5)CC4)n3)ncc12. The Bertz CT molecular complexity index is 1340. The van der Waals surface area contributed by atoms with Crippen LogP contribution in [-0.2, 0) is 11.8 Å². The number of carbonyl (C=O) groups excluding carboxylic acids is 2. The lowest BCUT2D eigenvalue weighted by atomic mass is 9.97. The van der Waals surface area contributed by atoms with Gasteiger partial charge in [-0.25, -0.2) is 9.97 Å². The fourth-order valence-corrected chi connectivity index (χ4v) is 4.14.